The third kappa shape index (κ3) is 4.03. The molecule has 5 nitrogen and oxygen atoms in total. The monoisotopic (exact) mass is 337 g/mol. The van der Waals surface area contributed by atoms with Gasteiger partial charge in [0.25, 0.3) is 0 Å². The molecule has 0 spiro atoms. The number of hydrogen-bond donors (Lipinski definition) is 2. The molecule has 21 heavy (non-hydrogen) atoms. The van der Waals surface area contributed by atoms with E-state index in [-0.39, 0.29) is 4.90 Å². The van der Waals surface area contributed by atoms with Crippen LogP contribution in [-0.2, 0) is 9.59 Å². The van der Waals surface area contributed by atoms with Crippen LogP contribution < -0.4 is 11.1 Å². The summed E-state index contributed by atoms with van der Waals surface area (Å²) in [6.45, 7) is 0. The molecule has 0 bridgehead atoms. The molecule has 1 rings (SSSR count). The maximum atomic E-state index is 12.4. The first-order chi connectivity index (χ1) is 9.34. The number of halogens is 7. The Hall–Kier alpha value is -1.91. The quantitative estimate of drug-likeness (QED) is 0.709. The van der Waals surface area contributed by atoms with Gasteiger partial charge in [0.1, 0.15) is 6.17 Å². The Kier molecular flexibility index (Phi) is 4.46. The zero-order valence-electron chi connectivity index (χ0n) is 9.72. The van der Waals surface area contributed by atoms with Gasteiger partial charge in [0.05, 0.1) is 10.7 Å². The number of nitrogens with two attached hydrogens (primary N) is 1. The predicted molar refractivity (Wildman–Crippen MR) is 57.1 cm³/mol. The Labute approximate surface area is 118 Å². The fraction of sp³-hybridized carbons (Fsp3) is 0.333. The van der Waals surface area contributed by atoms with E-state index in [1.165, 1.54) is 5.32 Å². The summed E-state index contributed by atoms with van der Waals surface area (Å²) in [4.78, 5) is 21.7. The van der Waals surface area contributed by atoms with Crippen LogP contribution in [0.4, 0.5) is 26.3 Å². The maximum absolute atomic E-state index is 12.4. The molecule has 0 aliphatic carbocycles. The number of rotatable bonds is 1. The summed E-state index contributed by atoms with van der Waals surface area (Å²) in [5, 5.41) is 0.749. The summed E-state index contributed by atoms with van der Waals surface area (Å²) < 4.78 is 73.5. The van der Waals surface area contributed by atoms with E-state index in [1.54, 1.807) is 0 Å². The highest BCUT2D eigenvalue weighted by atomic mass is 35.5. The van der Waals surface area contributed by atoms with Gasteiger partial charge in [0.2, 0.25) is 0 Å². The van der Waals surface area contributed by atoms with E-state index in [4.69, 9.17) is 17.3 Å². The molecule has 0 aromatic rings. The lowest BCUT2D eigenvalue weighted by atomic mass is 10.2. The number of alkyl halides is 6. The summed E-state index contributed by atoms with van der Waals surface area (Å²) in [5.41, 5.74) is 4.56. The van der Waals surface area contributed by atoms with Gasteiger partial charge in [-0.25, -0.2) is 0 Å². The van der Waals surface area contributed by atoms with E-state index in [1.807, 2.05) is 0 Å². The SMILES string of the molecule is NC1=CC(Cl)=CN(C(=O)C(F)(F)F)C1NC(=O)C(F)(F)F. The van der Waals surface area contributed by atoms with Gasteiger partial charge in [0, 0.05) is 6.20 Å². The fourth-order valence-electron chi connectivity index (χ4n) is 1.32. The van der Waals surface area contributed by atoms with E-state index in [2.05, 4.69) is 0 Å². The highest BCUT2D eigenvalue weighted by molar-refractivity contribution is 6.31. The summed E-state index contributed by atoms with van der Waals surface area (Å²) in [6, 6.07) is 0. The van der Waals surface area contributed by atoms with Crippen LogP contribution in [-0.4, -0.2) is 35.2 Å². The minimum absolute atomic E-state index is 0.235. The molecule has 0 radical (unpaired) electrons. The number of nitrogens with one attached hydrogen (secondary N) is 1. The molecule has 0 fully saturated rings. The molecule has 1 unspecified atom stereocenters. The van der Waals surface area contributed by atoms with Crippen LogP contribution in [0.25, 0.3) is 0 Å². The largest absolute Gasteiger partial charge is 0.471 e. The Bertz CT molecular complexity index is 525. The van der Waals surface area contributed by atoms with E-state index < -0.39 is 41.1 Å². The van der Waals surface area contributed by atoms with Crippen molar-refractivity contribution in [2.75, 3.05) is 0 Å². The summed E-state index contributed by atoms with van der Waals surface area (Å²) in [7, 11) is 0. The minimum atomic E-state index is -5.40. The van der Waals surface area contributed by atoms with Crippen LogP contribution in [0, 0.1) is 0 Å². The van der Waals surface area contributed by atoms with Crippen molar-refractivity contribution in [1.82, 2.24) is 10.2 Å². The molecule has 12 heteroatoms. The molecular formula is C9H6ClF6N3O2. The van der Waals surface area contributed by atoms with Gasteiger partial charge < -0.3 is 11.1 Å². The van der Waals surface area contributed by atoms with Crippen LogP contribution in [0.1, 0.15) is 0 Å². The molecule has 0 saturated heterocycles. The number of nitrogens with zero attached hydrogens (tertiary/aromatic N) is 1. The second-order valence-corrected chi connectivity index (χ2v) is 4.18. The van der Waals surface area contributed by atoms with Crippen molar-refractivity contribution < 1.29 is 35.9 Å². The van der Waals surface area contributed by atoms with Gasteiger partial charge in [0.15, 0.2) is 0 Å². The van der Waals surface area contributed by atoms with Gasteiger partial charge >= 0.3 is 24.2 Å². The van der Waals surface area contributed by atoms with Crippen LogP contribution >= 0.6 is 11.6 Å². The van der Waals surface area contributed by atoms with Crippen molar-refractivity contribution in [3.8, 4) is 0 Å². The molecule has 3 N–H and O–H groups in total. The third-order valence-electron chi connectivity index (χ3n) is 2.16. The first-order valence-corrected chi connectivity index (χ1v) is 5.33. The van der Waals surface area contributed by atoms with Crippen molar-refractivity contribution >= 4 is 23.4 Å². The smallest absolute Gasteiger partial charge is 0.399 e. The van der Waals surface area contributed by atoms with Crippen LogP contribution in [0.3, 0.4) is 0 Å². The van der Waals surface area contributed by atoms with Crippen molar-refractivity contribution in [3.63, 3.8) is 0 Å². The number of allylic oxidation sites excluding steroid dienone is 2. The predicted octanol–water partition coefficient (Wildman–Crippen LogP) is 1.32. The van der Waals surface area contributed by atoms with E-state index in [0.717, 1.165) is 6.08 Å². The van der Waals surface area contributed by atoms with Gasteiger partial charge in [-0.15, -0.1) is 0 Å². The van der Waals surface area contributed by atoms with Crippen molar-refractivity contribution in [2.24, 2.45) is 5.73 Å². The topological polar surface area (TPSA) is 75.4 Å². The van der Waals surface area contributed by atoms with Crippen molar-refractivity contribution in [2.45, 2.75) is 18.5 Å². The Balaban J connectivity index is 3.11. The minimum Gasteiger partial charge on any atom is -0.399 e. The lowest BCUT2D eigenvalue weighted by molar-refractivity contribution is -0.187. The van der Waals surface area contributed by atoms with Gasteiger partial charge in [-0.2, -0.15) is 26.3 Å². The third-order valence-corrected chi connectivity index (χ3v) is 2.37. The van der Waals surface area contributed by atoms with Gasteiger partial charge in [-0.3, -0.25) is 14.5 Å². The molecule has 1 aliphatic heterocycles. The zero-order chi connectivity index (χ0) is 16.6. The molecule has 0 aromatic carbocycles. The lowest BCUT2D eigenvalue weighted by Gasteiger charge is -2.33. The molecule has 1 aliphatic rings. The number of carbonyl (C=O) groups excluding carboxylic acids is 2. The van der Waals surface area contributed by atoms with Crippen LogP contribution in [0.2, 0.25) is 0 Å². The Morgan fingerprint density at radius 1 is 1.19 bits per heavy atom. The fourth-order valence-corrected chi connectivity index (χ4v) is 1.56. The van der Waals surface area contributed by atoms with Gasteiger partial charge in [-0.1, -0.05) is 11.6 Å². The molecular weight excluding hydrogens is 332 g/mol. The Morgan fingerprint density at radius 2 is 1.71 bits per heavy atom. The van der Waals surface area contributed by atoms with E-state index in [9.17, 15) is 35.9 Å². The van der Waals surface area contributed by atoms with E-state index >= 15 is 0 Å². The second kappa shape index (κ2) is 5.47. The normalized spacial score (nSPS) is 19.8. The van der Waals surface area contributed by atoms with Crippen LogP contribution in [0.15, 0.2) is 23.0 Å². The summed E-state index contributed by atoms with van der Waals surface area (Å²) in [5.74, 6) is -5.10. The molecule has 1 atom stereocenters. The first-order valence-electron chi connectivity index (χ1n) is 4.95. The van der Waals surface area contributed by atoms with Crippen LogP contribution in [0.5, 0.6) is 0 Å². The summed E-state index contributed by atoms with van der Waals surface area (Å²) >= 11 is 5.40. The average molecular weight is 338 g/mol. The van der Waals surface area contributed by atoms with E-state index in [0.29, 0.717) is 6.20 Å². The number of carbonyl (C=O) groups is 2. The number of amides is 2. The summed E-state index contributed by atoms with van der Waals surface area (Å²) in [6.07, 6.45) is -11.7. The highest BCUT2D eigenvalue weighted by Crippen LogP contribution is 2.26. The van der Waals surface area contributed by atoms with Gasteiger partial charge in [-0.05, 0) is 6.08 Å². The highest BCUT2D eigenvalue weighted by Gasteiger charge is 2.48. The molecule has 2 amide bonds. The second-order valence-electron chi connectivity index (χ2n) is 3.74. The average Bonchev–Trinajstić information content (AvgIpc) is 2.28. The molecule has 0 saturated carbocycles. The van der Waals surface area contributed by atoms with Crippen molar-refractivity contribution in [1.29, 1.82) is 0 Å². The zero-order valence-corrected chi connectivity index (χ0v) is 10.5. The van der Waals surface area contributed by atoms with Crippen molar-refractivity contribution in [3.05, 3.63) is 23.0 Å². The molecule has 0 aromatic heterocycles. The standard InChI is InChI=1S/C9H6ClF6N3O2/c10-3-1-4(17)5(18-6(20)8(11,12)13)19(2-3)7(21)9(14,15)16/h1-2,5H,17H2,(H,18,20). The lowest BCUT2D eigenvalue weighted by Crippen LogP contribution is -2.57. The number of hydrogen-bond acceptors (Lipinski definition) is 3. The Morgan fingerprint density at radius 3 is 2.14 bits per heavy atom. The first kappa shape index (κ1) is 17.1. The molecule has 1 heterocycles. The maximum Gasteiger partial charge on any atom is 0.471 e. The molecule has 118 valence electrons.